The molecule has 0 unspecified atom stereocenters. The number of hydrogen-bond donors (Lipinski definition) is 2. The number of hydrogen-bond acceptors (Lipinski definition) is 5. The number of carbonyl (C=O) groups is 3. The predicted molar refractivity (Wildman–Crippen MR) is 132 cm³/mol. The average Bonchev–Trinajstić information content (AvgIpc) is 3.26. The van der Waals surface area contributed by atoms with Gasteiger partial charge in [0.2, 0.25) is 0 Å². The average molecular weight is 499 g/mol. The molecule has 0 saturated carbocycles. The van der Waals surface area contributed by atoms with Gasteiger partial charge in [-0.1, -0.05) is 41.9 Å². The molecule has 0 spiro atoms. The van der Waals surface area contributed by atoms with Crippen molar-refractivity contribution in [3.05, 3.63) is 81.0 Å². The van der Waals surface area contributed by atoms with Crippen molar-refractivity contribution < 1.29 is 19.1 Å². The number of nitrogens with zero attached hydrogens (tertiary/aromatic N) is 2. The highest BCUT2D eigenvalue weighted by molar-refractivity contribution is 7.18. The molecule has 0 radical (unpaired) electrons. The largest absolute Gasteiger partial charge is 0.370 e. The summed E-state index contributed by atoms with van der Waals surface area (Å²) in [7, 11) is 0. The molecule has 1 aliphatic heterocycles. The van der Waals surface area contributed by atoms with E-state index < -0.39 is 11.9 Å². The molecule has 2 N–H and O–H groups in total. The molecule has 1 aromatic heterocycles. The topological polar surface area (TPSA) is 91.0 Å². The summed E-state index contributed by atoms with van der Waals surface area (Å²) >= 11 is 7.08. The number of urea groups is 1. The maximum Gasteiger partial charge on any atom is 0.340 e. The molecule has 176 valence electrons. The molecule has 8 nitrogen and oxygen atoms in total. The summed E-state index contributed by atoms with van der Waals surface area (Å²) in [5.74, 6) is -0.531. The van der Waals surface area contributed by atoms with E-state index in [4.69, 9.17) is 16.3 Å². The lowest BCUT2D eigenvalue weighted by atomic mass is 10.1. The van der Waals surface area contributed by atoms with E-state index in [9.17, 15) is 14.4 Å². The number of morpholine rings is 1. The van der Waals surface area contributed by atoms with Crippen LogP contribution in [0.25, 0.3) is 0 Å². The molecule has 4 amide bonds. The number of aryl methyl sites for hydroxylation is 1. The van der Waals surface area contributed by atoms with Crippen molar-refractivity contribution in [3.8, 4) is 0 Å². The first-order valence-electron chi connectivity index (χ1n) is 10.6. The van der Waals surface area contributed by atoms with Gasteiger partial charge in [0.25, 0.3) is 11.8 Å². The second kappa shape index (κ2) is 10.7. The molecule has 10 heteroatoms. The first kappa shape index (κ1) is 23.7. The van der Waals surface area contributed by atoms with Crippen molar-refractivity contribution >= 4 is 52.2 Å². The lowest BCUT2D eigenvalue weighted by Crippen LogP contribution is -2.47. The first-order valence-corrected chi connectivity index (χ1v) is 11.8. The van der Waals surface area contributed by atoms with Crippen LogP contribution in [0.1, 0.15) is 20.8 Å². The summed E-state index contributed by atoms with van der Waals surface area (Å²) < 4.78 is 5.68. The third-order valence-electron chi connectivity index (χ3n) is 5.19. The second-order valence-electron chi connectivity index (χ2n) is 7.65. The van der Waals surface area contributed by atoms with Gasteiger partial charge in [0, 0.05) is 17.9 Å². The Kier molecular flexibility index (Phi) is 7.46. The van der Waals surface area contributed by atoms with Crippen molar-refractivity contribution in [3.63, 3.8) is 0 Å². The molecule has 1 fully saturated rings. The highest BCUT2D eigenvalue weighted by Crippen LogP contribution is 2.25. The van der Waals surface area contributed by atoms with Crippen molar-refractivity contribution in [1.29, 1.82) is 0 Å². The van der Waals surface area contributed by atoms with Gasteiger partial charge in [-0.2, -0.15) is 0 Å². The van der Waals surface area contributed by atoms with Crippen LogP contribution in [0.2, 0.25) is 4.34 Å². The Hall–Kier alpha value is -3.40. The molecule has 4 rings (SSSR count). The minimum Gasteiger partial charge on any atom is -0.370 e. The Morgan fingerprint density at radius 1 is 1.15 bits per heavy atom. The molecule has 0 atom stereocenters. The van der Waals surface area contributed by atoms with Crippen molar-refractivity contribution in [2.75, 3.05) is 30.0 Å². The zero-order valence-electron chi connectivity index (χ0n) is 18.4. The van der Waals surface area contributed by atoms with Crippen LogP contribution in [-0.4, -0.2) is 42.6 Å². The number of benzene rings is 2. The van der Waals surface area contributed by atoms with Gasteiger partial charge in [0.05, 0.1) is 22.4 Å². The third kappa shape index (κ3) is 5.74. The zero-order chi connectivity index (χ0) is 24.1. The Labute approximate surface area is 206 Å². The molecular formula is C24H23ClN4O4S. The fourth-order valence-electron chi connectivity index (χ4n) is 3.54. The maximum absolute atomic E-state index is 13.1. The van der Waals surface area contributed by atoms with Gasteiger partial charge < -0.3 is 15.0 Å². The number of ether oxygens (including phenoxy) is 1. The van der Waals surface area contributed by atoms with E-state index in [0.717, 1.165) is 28.2 Å². The summed E-state index contributed by atoms with van der Waals surface area (Å²) in [5, 5.41) is 4.05. The number of carbonyl (C=O) groups excluding carboxylic acids is 3. The van der Waals surface area contributed by atoms with E-state index >= 15 is 0 Å². The van der Waals surface area contributed by atoms with Crippen LogP contribution < -0.4 is 15.6 Å². The van der Waals surface area contributed by atoms with Gasteiger partial charge in [0.1, 0.15) is 6.61 Å². The number of halogens is 1. The van der Waals surface area contributed by atoms with E-state index in [-0.39, 0.29) is 19.1 Å². The van der Waals surface area contributed by atoms with Gasteiger partial charge >= 0.3 is 6.03 Å². The summed E-state index contributed by atoms with van der Waals surface area (Å²) in [5.41, 5.74) is 5.66. The fraction of sp³-hybridized carbons (Fsp3) is 0.208. The van der Waals surface area contributed by atoms with Gasteiger partial charge in [-0.25, -0.2) is 9.80 Å². The Morgan fingerprint density at radius 2 is 1.94 bits per heavy atom. The van der Waals surface area contributed by atoms with Crippen LogP contribution in [0.15, 0.2) is 60.7 Å². The lowest BCUT2D eigenvalue weighted by molar-refractivity contribution is -0.125. The Balaban J connectivity index is 1.50. The Bertz CT molecular complexity index is 1200. The predicted octanol–water partition coefficient (Wildman–Crippen LogP) is 4.45. The number of nitrogens with one attached hydrogen (secondary N) is 2. The molecule has 0 aliphatic carbocycles. The molecule has 3 aromatic rings. The van der Waals surface area contributed by atoms with E-state index in [1.54, 1.807) is 35.2 Å². The number of amides is 4. The van der Waals surface area contributed by atoms with Gasteiger partial charge in [0.15, 0.2) is 0 Å². The Morgan fingerprint density at radius 3 is 2.62 bits per heavy atom. The van der Waals surface area contributed by atoms with E-state index in [0.29, 0.717) is 28.1 Å². The highest BCUT2D eigenvalue weighted by atomic mass is 35.5. The van der Waals surface area contributed by atoms with Gasteiger partial charge in [-0.3, -0.25) is 15.0 Å². The summed E-state index contributed by atoms with van der Waals surface area (Å²) in [6.07, 6.45) is 0. The van der Waals surface area contributed by atoms with E-state index in [1.165, 1.54) is 5.01 Å². The van der Waals surface area contributed by atoms with Crippen LogP contribution >= 0.6 is 22.9 Å². The molecule has 1 saturated heterocycles. The normalized spacial score (nSPS) is 13.5. The first-order chi connectivity index (χ1) is 16.4. The quantitative estimate of drug-likeness (QED) is 0.508. The molecule has 2 aromatic carbocycles. The molecule has 1 aliphatic rings. The van der Waals surface area contributed by atoms with Crippen molar-refractivity contribution in [2.45, 2.75) is 13.5 Å². The zero-order valence-corrected chi connectivity index (χ0v) is 20.0. The standard InChI is InChI=1S/C24H23ClN4O4S/c1-16-13-18(7-8-19(16)28-11-12-33-15-22(28)30)26-24(32)29(14-17-5-3-2-4-6-17)27-23(31)20-9-10-21(25)34-20/h2-10,13H,11-12,14-15H2,1H3,(H,26,32)(H,27,31). The number of rotatable bonds is 5. The minimum atomic E-state index is -0.505. The van der Waals surface area contributed by atoms with E-state index in [1.807, 2.05) is 37.3 Å². The summed E-state index contributed by atoms with van der Waals surface area (Å²) in [4.78, 5) is 40.1. The smallest absolute Gasteiger partial charge is 0.340 e. The van der Waals surface area contributed by atoms with Crippen LogP contribution in [0, 0.1) is 6.92 Å². The lowest BCUT2D eigenvalue weighted by Gasteiger charge is -2.28. The van der Waals surface area contributed by atoms with Crippen molar-refractivity contribution in [1.82, 2.24) is 10.4 Å². The number of hydrazine groups is 1. The molecular weight excluding hydrogens is 476 g/mol. The molecule has 2 heterocycles. The van der Waals surface area contributed by atoms with E-state index in [2.05, 4.69) is 10.7 Å². The number of thiophene rings is 1. The summed E-state index contributed by atoms with van der Waals surface area (Å²) in [6.45, 7) is 3.05. The molecule has 0 bridgehead atoms. The van der Waals surface area contributed by atoms with Gasteiger partial charge in [-0.05, 0) is 48.4 Å². The maximum atomic E-state index is 13.1. The van der Waals surface area contributed by atoms with Crippen LogP contribution in [0.3, 0.4) is 0 Å². The second-order valence-corrected chi connectivity index (χ2v) is 9.36. The fourth-order valence-corrected chi connectivity index (χ4v) is 4.47. The van der Waals surface area contributed by atoms with Crippen molar-refractivity contribution in [2.24, 2.45) is 0 Å². The van der Waals surface area contributed by atoms with Gasteiger partial charge in [-0.15, -0.1) is 11.3 Å². The third-order valence-corrected chi connectivity index (χ3v) is 6.42. The van der Waals surface area contributed by atoms with Crippen LogP contribution in [0.5, 0.6) is 0 Å². The van der Waals surface area contributed by atoms with Crippen LogP contribution in [-0.2, 0) is 16.1 Å². The highest BCUT2D eigenvalue weighted by Gasteiger charge is 2.23. The SMILES string of the molecule is Cc1cc(NC(=O)N(Cc2ccccc2)NC(=O)c2ccc(Cl)s2)ccc1N1CCOCC1=O. The molecule has 34 heavy (non-hydrogen) atoms. The van der Waals surface area contributed by atoms with Crippen LogP contribution in [0.4, 0.5) is 16.2 Å². The number of anilines is 2. The summed E-state index contributed by atoms with van der Waals surface area (Å²) in [6, 6.07) is 17.4. The monoisotopic (exact) mass is 498 g/mol. The minimum absolute atomic E-state index is 0.0571.